The molecule has 0 unspecified atom stereocenters. The average Bonchev–Trinajstić information content (AvgIpc) is 2.66. The molecule has 0 saturated heterocycles. The first-order valence-corrected chi connectivity index (χ1v) is 9.32. The van der Waals surface area contributed by atoms with Gasteiger partial charge in [0.05, 0.1) is 23.6 Å². The van der Waals surface area contributed by atoms with E-state index in [0.717, 1.165) is 0 Å². The maximum Gasteiger partial charge on any atom is 0.338 e. The van der Waals surface area contributed by atoms with Gasteiger partial charge >= 0.3 is 5.97 Å². The lowest BCUT2D eigenvalue weighted by Gasteiger charge is -2.10. The van der Waals surface area contributed by atoms with Crippen LogP contribution < -0.4 is 9.46 Å². The number of sulfonamides is 1. The SMILES string of the molecule is COc1ccc(F)cc1COC(=O)c1ccc(S(=O)(=O)NCCC#N)cc1. The predicted octanol–water partition coefficient (Wildman–Crippen LogP) is 2.38. The molecule has 0 aliphatic carbocycles. The van der Waals surface area contributed by atoms with Gasteiger partial charge in [0.25, 0.3) is 0 Å². The van der Waals surface area contributed by atoms with Crippen LogP contribution in [0, 0.1) is 17.1 Å². The van der Waals surface area contributed by atoms with Gasteiger partial charge in [-0.25, -0.2) is 22.3 Å². The second-order valence-corrected chi connectivity index (χ2v) is 7.13. The Kier molecular flexibility index (Phi) is 6.87. The molecule has 2 aromatic carbocycles. The minimum atomic E-state index is -3.76. The second kappa shape index (κ2) is 9.12. The van der Waals surface area contributed by atoms with E-state index in [1.807, 2.05) is 6.07 Å². The number of nitrogens with zero attached hydrogens (tertiary/aromatic N) is 1. The Morgan fingerprint density at radius 1 is 1.22 bits per heavy atom. The molecule has 2 rings (SSSR count). The largest absolute Gasteiger partial charge is 0.496 e. The van der Waals surface area contributed by atoms with Crippen molar-refractivity contribution in [2.45, 2.75) is 17.9 Å². The number of carbonyl (C=O) groups is 1. The minimum absolute atomic E-state index is 0.00189. The molecule has 0 saturated carbocycles. The van der Waals surface area contributed by atoms with Gasteiger partial charge in [0.15, 0.2) is 0 Å². The highest BCUT2D eigenvalue weighted by atomic mass is 32.2. The summed E-state index contributed by atoms with van der Waals surface area (Å²) in [5, 5.41) is 8.45. The Bertz CT molecular complexity index is 953. The third kappa shape index (κ3) is 5.51. The molecule has 0 fully saturated rings. The zero-order valence-corrected chi connectivity index (χ0v) is 15.3. The molecule has 142 valence electrons. The Morgan fingerprint density at radius 3 is 2.56 bits per heavy atom. The Balaban J connectivity index is 2.04. The minimum Gasteiger partial charge on any atom is -0.496 e. The highest BCUT2D eigenvalue weighted by Gasteiger charge is 2.15. The number of rotatable bonds is 8. The van der Waals surface area contributed by atoms with E-state index in [1.165, 1.54) is 49.6 Å². The summed E-state index contributed by atoms with van der Waals surface area (Å²) in [7, 11) is -2.34. The number of ether oxygens (including phenoxy) is 2. The molecular weight excluding hydrogens is 375 g/mol. The van der Waals surface area contributed by atoms with Crippen molar-refractivity contribution in [1.82, 2.24) is 4.72 Å². The summed E-state index contributed by atoms with van der Waals surface area (Å²) < 4.78 is 49.8. The number of halogens is 1. The van der Waals surface area contributed by atoms with Crippen molar-refractivity contribution >= 4 is 16.0 Å². The van der Waals surface area contributed by atoms with Crippen molar-refractivity contribution in [2.24, 2.45) is 0 Å². The first-order valence-electron chi connectivity index (χ1n) is 7.83. The van der Waals surface area contributed by atoms with Crippen molar-refractivity contribution in [2.75, 3.05) is 13.7 Å². The van der Waals surface area contributed by atoms with Gasteiger partial charge in [-0.15, -0.1) is 0 Å². The third-order valence-corrected chi connectivity index (χ3v) is 5.01. The van der Waals surface area contributed by atoms with Crippen LogP contribution in [0.5, 0.6) is 5.75 Å². The van der Waals surface area contributed by atoms with Gasteiger partial charge in [0.2, 0.25) is 10.0 Å². The van der Waals surface area contributed by atoms with Crippen molar-refractivity contribution in [1.29, 1.82) is 5.26 Å². The molecule has 0 aromatic heterocycles. The van der Waals surface area contributed by atoms with Gasteiger partial charge in [0, 0.05) is 18.5 Å². The number of esters is 1. The summed E-state index contributed by atoms with van der Waals surface area (Å²) in [5.41, 5.74) is 0.507. The van der Waals surface area contributed by atoms with E-state index in [1.54, 1.807) is 0 Å². The van der Waals surface area contributed by atoms with E-state index in [0.29, 0.717) is 11.3 Å². The number of benzene rings is 2. The Labute approximate surface area is 156 Å². The topological polar surface area (TPSA) is 105 Å². The van der Waals surface area contributed by atoms with Crippen molar-refractivity contribution in [3.63, 3.8) is 0 Å². The number of hydrogen-bond donors (Lipinski definition) is 1. The summed E-state index contributed by atoms with van der Waals surface area (Å²) in [6.45, 7) is -0.201. The molecule has 0 amide bonds. The molecule has 27 heavy (non-hydrogen) atoms. The zero-order valence-electron chi connectivity index (χ0n) is 14.4. The Hall–Kier alpha value is -2.96. The second-order valence-electron chi connectivity index (χ2n) is 5.36. The number of methoxy groups -OCH3 is 1. The molecule has 0 heterocycles. The van der Waals surface area contributed by atoms with E-state index in [4.69, 9.17) is 14.7 Å². The molecular formula is C18H17FN2O5S. The maximum absolute atomic E-state index is 13.3. The molecule has 0 radical (unpaired) electrons. The fraction of sp³-hybridized carbons (Fsp3) is 0.222. The number of nitrogens with one attached hydrogen (secondary N) is 1. The van der Waals surface area contributed by atoms with Crippen molar-refractivity contribution < 1.29 is 27.1 Å². The first-order chi connectivity index (χ1) is 12.9. The molecule has 0 atom stereocenters. The smallest absolute Gasteiger partial charge is 0.338 e. The van der Waals surface area contributed by atoms with Crippen molar-refractivity contribution in [3.05, 3.63) is 59.4 Å². The normalized spacial score (nSPS) is 10.9. The zero-order chi connectivity index (χ0) is 19.9. The van der Waals surface area contributed by atoms with E-state index in [2.05, 4.69) is 4.72 Å². The molecule has 9 heteroatoms. The summed E-state index contributed by atoms with van der Waals surface area (Å²) >= 11 is 0. The summed E-state index contributed by atoms with van der Waals surface area (Å²) in [6.07, 6.45) is 0.0488. The maximum atomic E-state index is 13.3. The van der Waals surface area contributed by atoms with Crippen LogP contribution in [0.25, 0.3) is 0 Å². The van der Waals surface area contributed by atoms with Gasteiger partial charge in [-0.2, -0.15) is 5.26 Å². The lowest BCUT2D eigenvalue weighted by atomic mass is 10.2. The fourth-order valence-corrected chi connectivity index (χ4v) is 3.21. The summed E-state index contributed by atoms with van der Waals surface area (Å²) in [6, 6.07) is 10.8. The van der Waals surface area contributed by atoms with Crippen LogP contribution in [-0.2, 0) is 21.4 Å². The lowest BCUT2D eigenvalue weighted by Crippen LogP contribution is -2.24. The molecule has 7 nitrogen and oxygen atoms in total. The number of nitriles is 1. The van der Waals surface area contributed by atoms with Crippen LogP contribution in [0.3, 0.4) is 0 Å². The van der Waals surface area contributed by atoms with E-state index >= 15 is 0 Å². The molecule has 2 aromatic rings. The molecule has 0 spiro atoms. The lowest BCUT2D eigenvalue weighted by molar-refractivity contribution is 0.0469. The van der Waals surface area contributed by atoms with Crippen LogP contribution >= 0.6 is 0 Å². The highest BCUT2D eigenvalue weighted by molar-refractivity contribution is 7.89. The fourth-order valence-electron chi connectivity index (χ4n) is 2.18. The van der Waals surface area contributed by atoms with E-state index in [9.17, 15) is 17.6 Å². The third-order valence-electron chi connectivity index (χ3n) is 3.53. The van der Waals surface area contributed by atoms with E-state index < -0.39 is 21.8 Å². The number of hydrogen-bond acceptors (Lipinski definition) is 6. The molecule has 0 aliphatic heterocycles. The van der Waals surface area contributed by atoms with Crippen molar-refractivity contribution in [3.8, 4) is 11.8 Å². The predicted molar refractivity (Wildman–Crippen MR) is 93.9 cm³/mol. The van der Waals surface area contributed by atoms with Gasteiger partial charge in [-0.05, 0) is 42.5 Å². The standard InChI is InChI=1S/C18H17FN2O5S/c1-25-17-8-5-15(19)11-14(17)12-26-18(22)13-3-6-16(7-4-13)27(23,24)21-10-2-9-20/h3-8,11,21H,2,10,12H2,1H3. The van der Waals surface area contributed by atoms with E-state index in [-0.39, 0.29) is 30.0 Å². The molecule has 0 bridgehead atoms. The van der Waals surface area contributed by atoms with Crippen LogP contribution in [0.15, 0.2) is 47.4 Å². The summed E-state index contributed by atoms with van der Waals surface area (Å²) in [4.78, 5) is 12.1. The molecule has 0 aliphatic rings. The first kappa shape index (κ1) is 20.4. The quantitative estimate of drug-likeness (QED) is 0.546. The van der Waals surface area contributed by atoms with Gasteiger partial charge in [0.1, 0.15) is 18.2 Å². The van der Waals surface area contributed by atoms with Crippen LogP contribution in [0.1, 0.15) is 22.3 Å². The molecule has 1 N–H and O–H groups in total. The van der Waals surface area contributed by atoms with Crippen LogP contribution in [0.2, 0.25) is 0 Å². The van der Waals surface area contributed by atoms with Gasteiger partial charge in [-0.3, -0.25) is 0 Å². The van der Waals surface area contributed by atoms with Gasteiger partial charge < -0.3 is 9.47 Å². The van der Waals surface area contributed by atoms with Crippen LogP contribution in [0.4, 0.5) is 4.39 Å². The average molecular weight is 392 g/mol. The Morgan fingerprint density at radius 2 is 1.93 bits per heavy atom. The highest BCUT2D eigenvalue weighted by Crippen LogP contribution is 2.21. The van der Waals surface area contributed by atoms with Gasteiger partial charge in [-0.1, -0.05) is 0 Å². The van der Waals surface area contributed by atoms with Crippen LogP contribution in [-0.4, -0.2) is 28.0 Å². The number of carbonyl (C=O) groups excluding carboxylic acids is 1. The summed E-state index contributed by atoms with van der Waals surface area (Å²) in [5.74, 6) is -0.794. The monoisotopic (exact) mass is 392 g/mol.